The number of nitrogens with one attached hydrogen (secondary N) is 2. The summed E-state index contributed by atoms with van der Waals surface area (Å²) >= 11 is 1.26. The van der Waals surface area contributed by atoms with Gasteiger partial charge in [0.2, 0.25) is 0 Å². The number of amides is 2. The lowest BCUT2D eigenvalue weighted by atomic mass is 10.1. The molecule has 1 aromatic heterocycles. The second-order valence-electron chi connectivity index (χ2n) is 6.66. The zero-order valence-electron chi connectivity index (χ0n) is 17.4. The van der Waals surface area contributed by atoms with Crippen molar-refractivity contribution in [2.75, 3.05) is 20.2 Å². The summed E-state index contributed by atoms with van der Waals surface area (Å²) in [6.45, 7) is 0.272. The Morgan fingerprint density at radius 2 is 1.70 bits per heavy atom. The highest BCUT2D eigenvalue weighted by Crippen LogP contribution is 2.29. The minimum absolute atomic E-state index is 0.0364. The highest BCUT2D eigenvalue weighted by molar-refractivity contribution is 7.09. The van der Waals surface area contributed by atoms with Crippen molar-refractivity contribution in [3.63, 3.8) is 0 Å². The fourth-order valence-corrected chi connectivity index (χ4v) is 3.43. The number of hydrogen-bond acceptors (Lipinski definition) is 6. The maximum Gasteiger partial charge on any atom is 0.416 e. The van der Waals surface area contributed by atoms with Gasteiger partial charge in [-0.3, -0.25) is 9.59 Å². The Morgan fingerprint density at radius 1 is 1.00 bits per heavy atom. The van der Waals surface area contributed by atoms with Gasteiger partial charge in [-0.25, -0.2) is 4.98 Å². The first-order chi connectivity index (χ1) is 15.8. The average molecular weight is 479 g/mol. The third-order valence-electron chi connectivity index (χ3n) is 4.35. The van der Waals surface area contributed by atoms with Crippen LogP contribution in [0.5, 0.6) is 11.5 Å². The maximum atomic E-state index is 12.8. The number of thiazole rings is 1. The van der Waals surface area contributed by atoms with Crippen LogP contribution >= 0.6 is 11.3 Å². The van der Waals surface area contributed by atoms with Crippen molar-refractivity contribution in [3.05, 3.63) is 75.7 Å². The Hall–Kier alpha value is -3.60. The Morgan fingerprint density at radius 3 is 2.39 bits per heavy atom. The summed E-state index contributed by atoms with van der Waals surface area (Å²) in [4.78, 5) is 28.5. The van der Waals surface area contributed by atoms with Crippen molar-refractivity contribution >= 4 is 23.2 Å². The lowest BCUT2D eigenvalue weighted by Gasteiger charge is -2.09. The van der Waals surface area contributed by atoms with Gasteiger partial charge in [-0.1, -0.05) is 18.2 Å². The standard InChI is InChI=1S/C22H20F3N3O4S/c1-31-17-7-2-3-8-18(17)32-12-19-28-16(13-33-19)21(30)27-10-9-26-20(29)14-5-4-6-15(11-14)22(23,24)25/h2-8,11,13H,9-10,12H2,1H3,(H,26,29)(H,27,30). The lowest BCUT2D eigenvalue weighted by Crippen LogP contribution is -2.34. The topological polar surface area (TPSA) is 89.6 Å². The summed E-state index contributed by atoms with van der Waals surface area (Å²) in [6, 6.07) is 11.3. The minimum atomic E-state index is -4.53. The molecule has 0 saturated carbocycles. The van der Waals surface area contributed by atoms with E-state index in [1.165, 1.54) is 24.5 Å². The van der Waals surface area contributed by atoms with Crippen molar-refractivity contribution < 1.29 is 32.2 Å². The second kappa shape index (κ2) is 10.8. The summed E-state index contributed by atoms with van der Waals surface area (Å²) in [7, 11) is 1.54. The monoisotopic (exact) mass is 479 g/mol. The molecule has 11 heteroatoms. The van der Waals surface area contributed by atoms with E-state index in [4.69, 9.17) is 9.47 Å². The molecule has 7 nitrogen and oxygen atoms in total. The van der Waals surface area contributed by atoms with E-state index in [0.29, 0.717) is 16.5 Å². The molecule has 3 aromatic rings. The largest absolute Gasteiger partial charge is 0.493 e. The third-order valence-corrected chi connectivity index (χ3v) is 5.18. The highest BCUT2D eigenvalue weighted by Gasteiger charge is 2.30. The van der Waals surface area contributed by atoms with E-state index in [2.05, 4.69) is 15.6 Å². The van der Waals surface area contributed by atoms with E-state index >= 15 is 0 Å². The van der Waals surface area contributed by atoms with Crippen LogP contribution in [0.2, 0.25) is 0 Å². The number of ether oxygens (including phenoxy) is 2. The number of alkyl halides is 3. The molecule has 1 heterocycles. The fourth-order valence-electron chi connectivity index (χ4n) is 2.74. The van der Waals surface area contributed by atoms with Gasteiger partial charge in [-0.15, -0.1) is 11.3 Å². The van der Waals surface area contributed by atoms with E-state index in [-0.39, 0.29) is 31.0 Å². The molecular formula is C22H20F3N3O4S. The van der Waals surface area contributed by atoms with Crippen LogP contribution in [-0.2, 0) is 12.8 Å². The summed E-state index contributed by atoms with van der Waals surface area (Å²) in [5.74, 6) is 0.0276. The molecule has 0 atom stereocenters. The van der Waals surface area contributed by atoms with Gasteiger partial charge in [-0.2, -0.15) is 13.2 Å². The van der Waals surface area contributed by atoms with Crippen molar-refractivity contribution in [1.82, 2.24) is 15.6 Å². The molecule has 0 aliphatic rings. The summed E-state index contributed by atoms with van der Waals surface area (Å²) in [5.41, 5.74) is -0.823. The average Bonchev–Trinajstić information content (AvgIpc) is 3.29. The smallest absolute Gasteiger partial charge is 0.416 e. The van der Waals surface area contributed by atoms with Crippen molar-refractivity contribution in [2.45, 2.75) is 12.8 Å². The number of rotatable bonds is 9. The van der Waals surface area contributed by atoms with Gasteiger partial charge in [-0.05, 0) is 30.3 Å². The zero-order valence-corrected chi connectivity index (χ0v) is 18.3. The van der Waals surface area contributed by atoms with Crippen LogP contribution in [0.15, 0.2) is 53.9 Å². The molecule has 2 aromatic carbocycles. The molecule has 2 amide bonds. The van der Waals surface area contributed by atoms with Crippen LogP contribution in [0.3, 0.4) is 0 Å². The van der Waals surface area contributed by atoms with E-state index in [1.54, 1.807) is 17.5 Å². The van der Waals surface area contributed by atoms with Gasteiger partial charge in [0, 0.05) is 24.0 Å². The molecule has 174 valence electrons. The number of carbonyl (C=O) groups is 2. The Kier molecular flexibility index (Phi) is 7.88. The van der Waals surface area contributed by atoms with Crippen LogP contribution in [0, 0.1) is 0 Å². The van der Waals surface area contributed by atoms with E-state index in [0.717, 1.165) is 18.2 Å². The molecule has 0 aliphatic heterocycles. The van der Waals surface area contributed by atoms with Crippen LogP contribution in [0.25, 0.3) is 0 Å². The van der Waals surface area contributed by atoms with E-state index < -0.39 is 23.6 Å². The first-order valence-electron chi connectivity index (χ1n) is 9.72. The molecule has 0 fully saturated rings. The van der Waals surface area contributed by atoms with Crippen LogP contribution in [0.1, 0.15) is 31.4 Å². The first kappa shape index (κ1) is 24.1. The number of hydrogen-bond donors (Lipinski definition) is 2. The summed E-state index contributed by atoms with van der Waals surface area (Å²) in [5, 5.41) is 7.23. The van der Waals surface area contributed by atoms with Gasteiger partial charge >= 0.3 is 6.18 Å². The number of carbonyl (C=O) groups excluding carboxylic acids is 2. The fraction of sp³-hybridized carbons (Fsp3) is 0.227. The number of aromatic nitrogens is 1. The Balaban J connectivity index is 1.44. The molecule has 33 heavy (non-hydrogen) atoms. The number of benzene rings is 2. The van der Waals surface area contributed by atoms with Crippen LogP contribution in [0.4, 0.5) is 13.2 Å². The van der Waals surface area contributed by atoms with Gasteiger partial charge in [0.05, 0.1) is 12.7 Å². The second-order valence-corrected chi connectivity index (χ2v) is 7.60. The van der Waals surface area contributed by atoms with Crippen molar-refractivity contribution in [3.8, 4) is 11.5 Å². The zero-order chi connectivity index (χ0) is 23.8. The molecule has 0 aliphatic carbocycles. The number of nitrogens with zero attached hydrogens (tertiary/aromatic N) is 1. The van der Waals surface area contributed by atoms with Crippen LogP contribution in [-0.4, -0.2) is 37.0 Å². The number of methoxy groups -OCH3 is 1. The molecule has 0 unspecified atom stereocenters. The molecule has 3 rings (SSSR count). The van der Waals surface area contributed by atoms with Crippen molar-refractivity contribution in [2.24, 2.45) is 0 Å². The predicted octanol–water partition coefficient (Wildman–Crippen LogP) is 3.91. The van der Waals surface area contributed by atoms with Crippen molar-refractivity contribution in [1.29, 1.82) is 0 Å². The van der Waals surface area contributed by atoms with Gasteiger partial charge in [0.1, 0.15) is 17.3 Å². The normalized spacial score (nSPS) is 11.0. The minimum Gasteiger partial charge on any atom is -0.493 e. The van der Waals surface area contributed by atoms with E-state index in [9.17, 15) is 22.8 Å². The number of para-hydroxylation sites is 2. The summed E-state index contributed by atoms with van der Waals surface area (Å²) in [6.07, 6.45) is -4.53. The Bertz CT molecular complexity index is 1120. The van der Waals surface area contributed by atoms with Gasteiger partial charge in [0.15, 0.2) is 11.5 Å². The number of halogens is 3. The molecule has 0 bridgehead atoms. The molecule has 0 spiro atoms. The molecule has 0 saturated heterocycles. The SMILES string of the molecule is COc1ccccc1OCc1nc(C(=O)NCCNC(=O)c2cccc(C(F)(F)F)c2)cs1. The van der Waals surface area contributed by atoms with Gasteiger partial charge < -0.3 is 20.1 Å². The Labute approximate surface area is 191 Å². The molecule has 2 N–H and O–H groups in total. The molecule has 0 radical (unpaired) electrons. The first-order valence-corrected chi connectivity index (χ1v) is 10.6. The van der Waals surface area contributed by atoms with Gasteiger partial charge in [0.25, 0.3) is 11.8 Å². The molecular weight excluding hydrogens is 459 g/mol. The maximum absolute atomic E-state index is 12.8. The van der Waals surface area contributed by atoms with Crippen LogP contribution < -0.4 is 20.1 Å². The van der Waals surface area contributed by atoms with E-state index in [1.807, 2.05) is 12.1 Å². The lowest BCUT2D eigenvalue weighted by molar-refractivity contribution is -0.137. The quantitative estimate of drug-likeness (QED) is 0.455. The summed E-state index contributed by atoms with van der Waals surface area (Å²) < 4.78 is 49.2. The highest BCUT2D eigenvalue weighted by atomic mass is 32.1. The predicted molar refractivity (Wildman–Crippen MR) is 116 cm³/mol. The third kappa shape index (κ3) is 6.69.